The standard InChI is InChI=1S/C8H7S.3C4H9.Sn/c1-2-9-8-6-4-3-5-7-8;3*1-3-4-2;/h3-7H,1H2;3*1,3-4H2,2H3;. The molecule has 1 aromatic rings. The summed E-state index contributed by atoms with van der Waals surface area (Å²) in [6.45, 7) is 11.6. The molecule has 0 fully saturated rings. The molecule has 0 aliphatic heterocycles. The van der Waals surface area contributed by atoms with Gasteiger partial charge in [0.2, 0.25) is 0 Å². The number of unbranched alkanes of at least 4 members (excludes halogenated alkanes) is 3. The molecule has 0 bridgehead atoms. The fraction of sp³-hybridized carbons (Fsp3) is 0.600. The quantitative estimate of drug-likeness (QED) is 0.245. The van der Waals surface area contributed by atoms with Gasteiger partial charge in [-0.15, -0.1) is 0 Å². The van der Waals surface area contributed by atoms with Gasteiger partial charge in [0.1, 0.15) is 0 Å². The second kappa shape index (κ2) is 11.6. The average molecular weight is 425 g/mol. The summed E-state index contributed by atoms with van der Waals surface area (Å²) in [4.78, 5) is 1.39. The van der Waals surface area contributed by atoms with E-state index >= 15 is 0 Å². The van der Waals surface area contributed by atoms with E-state index in [1.807, 2.05) is 11.8 Å². The van der Waals surface area contributed by atoms with Crippen molar-refractivity contribution in [3.8, 4) is 0 Å². The summed E-state index contributed by atoms with van der Waals surface area (Å²) in [6.07, 6.45) is 8.24. The summed E-state index contributed by atoms with van der Waals surface area (Å²) in [6, 6.07) is 10.9. The number of benzene rings is 1. The Morgan fingerprint density at radius 3 is 1.73 bits per heavy atom. The third-order valence-corrected chi connectivity index (χ3v) is 23.7. The number of thioether (sulfide) groups is 1. The van der Waals surface area contributed by atoms with Gasteiger partial charge in [-0.05, 0) is 0 Å². The Morgan fingerprint density at radius 2 is 1.32 bits per heavy atom. The van der Waals surface area contributed by atoms with Crippen LogP contribution in [0.15, 0.2) is 44.7 Å². The molecule has 0 saturated carbocycles. The molecule has 0 saturated heterocycles. The molecule has 22 heavy (non-hydrogen) atoms. The number of hydrogen-bond donors (Lipinski definition) is 0. The zero-order valence-corrected chi connectivity index (χ0v) is 18.5. The summed E-state index contributed by atoms with van der Waals surface area (Å²) < 4.78 is 6.16. The monoisotopic (exact) mass is 426 g/mol. The Bertz CT molecular complexity index is 391. The van der Waals surface area contributed by atoms with Gasteiger partial charge < -0.3 is 0 Å². The zero-order valence-electron chi connectivity index (χ0n) is 14.9. The molecule has 0 N–H and O–H groups in total. The van der Waals surface area contributed by atoms with E-state index in [0.29, 0.717) is 0 Å². The minimum atomic E-state index is -2.25. The molecule has 0 spiro atoms. The van der Waals surface area contributed by atoms with Crippen LogP contribution < -0.4 is 0 Å². The average Bonchev–Trinajstić information content (AvgIpc) is 2.55. The fourth-order valence-electron chi connectivity index (χ4n) is 3.08. The molecule has 0 amide bonds. The molecule has 0 aliphatic carbocycles. The van der Waals surface area contributed by atoms with E-state index in [2.05, 4.69) is 57.7 Å². The number of rotatable bonds is 12. The molecule has 0 aromatic heterocycles. The van der Waals surface area contributed by atoms with Crippen LogP contribution in [0.25, 0.3) is 0 Å². The van der Waals surface area contributed by atoms with Gasteiger partial charge in [0, 0.05) is 0 Å². The third-order valence-electron chi connectivity index (χ3n) is 4.60. The summed E-state index contributed by atoms with van der Waals surface area (Å²) in [5.74, 6) is 0. The van der Waals surface area contributed by atoms with Gasteiger partial charge >= 0.3 is 147 Å². The van der Waals surface area contributed by atoms with E-state index in [0.717, 1.165) is 0 Å². The molecule has 0 unspecified atom stereocenters. The van der Waals surface area contributed by atoms with Crippen molar-refractivity contribution in [3.05, 3.63) is 39.8 Å². The summed E-state index contributed by atoms with van der Waals surface area (Å²) in [5, 5.41) is 0. The molecule has 124 valence electrons. The van der Waals surface area contributed by atoms with Crippen LogP contribution in [0.2, 0.25) is 13.3 Å². The maximum absolute atomic E-state index is 4.64. The van der Waals surface area contributed by atoms with Crippen molar-refractivity contribution in [2.75, 3.05) is 0 Å². The van der Waals surface area contributed by atoms with Crippen molar-refractivity contribution in [1.29, 1.82) is 0 Å². The molecule has 1 aromatic carbocycles. The van der Waals surface area contributed by atoms with E-state index < -0.39 is 18.4 Å². The Labute approximate surface area is 147 Å². The molecule has 0 aliphatic rings. The van der Waals surface area contributed by atoms with Crippen LogP contribution >= 0.6 is 11.8 Å². The second-order valence-corrected chi connectivity index (χ2v) is 21.9. The first-order valence-electron chi connectivity index (χ1n) is 9.10. The molecule has 0 heterocycles. The zero-order chi connectivity index (χ0) is 16.3. The van der Waals surface area contributed by atoms with Gasteiger partial charge in [-0.3, -0.25) is 0 Å². The second-order valence-electron chi connectivity index (χ2n) is 6.43. The SMILES string of the molecule is C=[C](Sc1ccccc1)[Sn]([CH2]CCC)([CH2]CCC)[CH2]CCC. The Balaban J connectivity index is 2.89. The van der Waals surface area contributed by atoms with Gasteiger partial charge in [0.05, 0.1) is 0 Å². The van der Waals surface area contributed by atoms with Crippen molar-refractivity contribution < 1.29 is 0 Å². The molecule has 0 nitrogen and oxygen atoms in total. The summed E-state index contributed by atoms with van der Waals surface area (Å²) >= 11 is -0.252. The summed E-state index contributed by atoms with van der Waals surface area (Å²) in [7, 11) is 0. The van der Waals surface area contributed by atoms with Crippen LogP contribution in [0.1, 0.15) is 59.3 Å². The normalized spacial score (nSPS) is 11.6. The van der Waals surface area contributed by atoms with Crippen LogP contribution in [-0.4, -0.2) is 18.4 Å². The van der Waals surface area contributed by atoms with E-state index in [1.54, 1.807) is 2.92 Å². The van der Waals surface area contributed by atoms with Crippen molar-refractivity contribution in [2.45, 2.75) is 77.5 Å². The molecule has 1 rings (SSSR count). The third kappa shape index (κ3) is 6.70. The van der Waals surface area contributed by atoms with Crippen LogP contribution in [0.3, 0.4) is 0 Å². The van der Waals surface area contributed by atoms with E-state index in [-0.39, 0.29) is 0 Å². The van der Waals surface area contributed by atoms with E-state index in [1.165, 1.54) is 56.7 Å². The van der Waals surface area contributed by atoms with E-state index in [4.69, 9.17) is 0 Å². The van der Waals surface area contributed by atoms with Crippen molar-refractivity contribution in [3.63, 3.8) is 0 Å². The van der Waals surface area contributed by atoms with Crippen LogP contribution in [-0.2, 0) is 0 Å². The van der Waals surface area contributed by atoms with Crippen molar-refractivity contribution >= 4 is 30.1 Å². The molecule has 0 atom stereocenters. The predicted octanol–water partition coefficient (Wildman–Crippen LogP) is 7.68. The molecular formula is C20H34SSn. The first-order valence-corrected chi connectivity index (χ1v) is 17.4. The molecular weight excluding hydrogens is 391 g/mol. The minimum absolute atomic E-state index is 1.33. The van der Waals surface area contributed by atoms with E-state index in [9.17, 15) is 0 Å². The first-order chi connectivity index (χ1) is 10.7. The van der Waals surface area contributed by atoms with Gasteiger partial charge in [-0.2, -0.15) is 0 Å². The maximum atomic E-state index is 4.64. The topological polar surface area (TPSA) is 0 Å². The van der Waals surface area contributed by atoms with Crippen molar-refractivity contribution in [2.24, 2.45) is 0 Å². The van der Waals surface area contributed by atoms with Gasteiger partial charge in [0.25, 0.3) is 0 Å². The first kappa shape index (κ1) is 20.2. The van der Waals surface area contributed by atoms with Crippen molar-refractivity contribution in [1.82, 2.24) is 0 Å². The Hall–Kier alpha value is 0.109. The predicted molar refractivity (Wildman–Crippen MR) is 106 cm³/mol. The number of hydrogen-bond acceptors (Lipinski definition) is 1. The fourth-order valence-corrected chi connectivity index (χ4v) is 22.1. The van der Waals surface area contributed by atoms with Crippen LogP contribution in [0.5, 0.6) is 0 Å². The van der Waals surface area contributed by atoms with Gasteiger partial charge in [0.15, 0.2) is 0 Å². The van der Waals surface area contributed by atoms with Crippen LogP contribution in [0, 0.1) is 0 Å². The molecule has 0 radical (unpaired) electrons. The molecule has 2 heteroatoms. The Morgan fingerprint density at radius 1 is 0.864 bits per heavy atom. The Kier molecular flexibility index (Phi) is 10.6. The summed E-state index contributed by atoms with van der Waals surface area (Å²) in [5.41, 5.74) is 0. The van der Waals surface area contributed by atoms with Gasteiger partial charge in [-0.1, -0.05) is 0 Å². The van der Waals surface area contributed by atoms with Gasteiger partial charge in [-0.25, -0.2) is 0 Å². The van der Waals surface area contributed by atoms with Crippen LogP contribution in [0.4, 0.5) is 0 Å².